The first-order chi connectivity index (χ1) is 15.7. The van der Waals surface area contributed by atoms with Crippen molar-refractivity contribution in [1.29, 1.82) is 0 Å². The summed E-state index contributed by atoms with van der Waals surface area (Å²) in [5.41, 5.74) is 1.96. The summed E-state index contributed by atoms with van der Waals surface area (Å²) in [7, 11) is 0. The first-order valence-corrected chi connectivity index (χ1v) is 11.5. The Balaban J connectivity index is 1.56. The molecule has 1 atom stereocenters. The van der Waals surface area contributed by atoms with Crippen LogP contribution in [0.4, 0.5) is 5.82 Å². The lowest BCUT2D eigenvalue weighted by atomic mass is 10.1. The van der Waals surface area contributed by atoms with Gasteiger partial charge in [0.15, 0.2) is 17.3 Å². The molecule has 0 aliphatic carbocycles. The molecular formula is C22H23ClN8O. The highest BCUT2D eigenvalue weighted by Gasteiger charge is 2.34. The van der Waals surface area contributed by atoms with Crippen molar-refractivity contribution in [3.8, 4) is 0 Å². The number of rotatable bonds is 3. The Hall–Kier alpha value is -3.20. The normalized spacial score (nSPS) is 19.3. The van der Waals surface area contributed by atoms with Crippen molar-refractivity contribution in [2.24, 2.45) is 0 Å². The largest absolute Gasteiger partial charge is 0.344 e. The molecule has 3 aromatic heterocycles. The van der Waals surface area contributed by atoms with E-state index < -0.39 is 0 Å². The highest BCUT2D eigenvalue weighted by Crippen LogP contribution is 2.37. The summed E-state index contributed by atoms with van der Waals surface area (Å²) >= 11 is 6.45. The Morgan fingerprint density at radius 3 is 2.78 bits per heavy atom. The van der Waals surface area contributed by atoms with Gasteiger partial charge >= 0.3 is 0 Å². The third-order valence-electron chi connectivity index (χ3n) is 6.49. The Morgan fingerprint density at radius 1 is 1.03 bits per heavy atom. The SMILES string of the molecule is O=c1c2c(Cl)cccc2nc(C2CCCN2c2ncnc3[nH]cnc23)n1N1CCCCC1. The molecule has 5 heterocycles. The number of nitrogens with zero attached hydrogens (tertiary/aromatic N) is 7. The van der Waals surface area contributed by atoms with Gasteiger partial charge in [0.1, 0.15) is 11.8 Å². The average molecular weight is 451 g/mol. The lowest BCUT2D eigenvalue weighted by Crippen LogP contribution is -2.48. The van der Waals surface area contributed by atoms with Crippen LogP contribution >= 0.6 is 11.6 Å². The molecule has 0 radical (unpaired) electrons. The van der Waals surface area contributed by atoms with Crippen molar-refractivity contribution in [3.05, 3.63) is 52.1 Å². The van der Waals surface area contributed by atoms with E-state index in [4.69, 9.17) is 16.6 Å². The van der Waals surface area contributed by atoms with Crippen LogP contribution in [0.15, 0.2) is 35.6 Å². The fraction of sp³-hybridized carbons (Fsp3) is 0.409. The van der Waals surface area contributed by atoms with Gasteiger partial charge in [-0.05, 0) is 44.2 Å². The van der Waals surface area contributed by atoms with Crippen LogP contribution < -0.4 is 15.5 Å². The van der Waals surface area contributed by atoms with Crippen molar-refractivity contribution in [1.82, 2.24) is 29.6 Å². The summed E-state index contributed by atoms with van der Waals surface area (Å²) in [4.78, 5) is 37.3. The van der Waals surface area contributed by atoms with Gasteiger partial charge in [0, 0.05) is 19.6 Å². The van der Waals surface area contributed by atoms with Crippen LogP contribution in [0.5, 0.6) is 0 Å². The number of aromatic amines is 1. The van der Waals surface area contributed by atoms with Crippen LogP contribution in [0.2, 0.25) is 5.02 Å². The minimum Gasteiger partial charge on any atom is -0.344 e. The lowest BCUT2D eigenvalue weighted by molar-refractivity contribution is 0.442. The quantitative estimate of drug-likeness (QED) is 0.512. The van der Waals surface area contributed by atoms with Crippen LogP contribution in [0.3, 0.4) is 0 Å². The van der Waals surface area contributed by atoms with E-state index in [1.807, 2.05) is 12.1 Å². The molecular weight excluding hydrogens is 428 g/mol. The van der Waals surface area contributed by atoms with E-state index in [0.29, 0.717) is 21.6 Å². The number of anilines is 1. The Kier molecular flexibility index (Phi) is 4.71. The molecule has 32 heavy (non-hydrogen) atoms. The van der Waals surface area contributed by atoms with Crippen molar-refractivity contribution >= 4 is 39.5 Å². The van der Waals surface area contributed by atoms with Crippen molar-refractivity contribution in [3.63, 3.8) is 0 Å². The minimum absolute atomic E-state index is 0.0946. The summed E-state index contributed by atoms with van der Waals surface area (Å²) in [6, 6.07) is 5.37. The highest BCUT2D eigenvalue weighted by atomic mass is 35.5. The summed E-state index contributed by atoms with van der Waals surface area (Å²) in [6.45, 7) is 2.47. The fourth-order valence-electron chi connectivity index (χ4n) is 5.02. The summed E-state index contributed by atoms with van der Waals surface area (Å²) in [6.07, 6.45) is 8.33. The second-order valence-electron chi connectivity index (χ2n) is 8.38. The zero-order chi connectivity index (χ0) is 21.7. The molecule has 6 rings (SSSR count). The molecule has 164 valence electrons. The molecule has 0 saturated carbocycles. The van der Waals surface area contributed by atoms with E-state index in [1.54, 1.807) is 23.4 Å². The van der Waals surface area contributed by atoms with Gasteiger partial charge in [0.05, 0.1) is 28.3 Å². The molecule has 2 aliphatic rings. The molecule has 0 spiro atoms. The third-order valence-corrected chi connectivity index (χ3v) is 6.80. The topological polar surface area (TPSA) is 95.8 Å². The first kappa shape index (κ1) is 19.5. The maximum atomic E-state index is 13.8. The van der Waals surface area contributed by atoms with Crippen LogP contribution in [0.1, 0.15) is 44.0 Å². The van der Waals surface area contributed by atoms with Crippen molar-refractivity contribution in [2.45, 2.75) is 38.1 Å². The molecule has 1 aromatic carbocycles. The van der Waals surface area contributed by atoms with E-state index >= 15 is 0 Å². The molecule has 2 fully saturated rings. The molecule has 9 nitrogen and oxygen atoms in total. The summed E-state index contributed by atoms with van der Waals surface area (Å²) < 4.78 is 1.79. The molecule has 1 N–H and O–H groups in total. The number of hydrogen-bond donors (Lipinski definition) is 1. The van der Waals surface area contributed by atoms with Gasteiger partial charge in [-0.3, -0.25) is 4.79 Å². The van der Waals surface area contributed by atoms with E-state index in [1.165, 1.54) is 6.42 Å². The number of H-pyrrole nitrogens is 1. The molecule has 0 bridgehead atoms. The standard InChI is InChI=1S/C22H23ClN8O/c23-14-6-4-7-15-17(14)22(32)31(29-9-2-1-3-10-29)20(28-15)16-8-5-11-30(16)21-18-19(25-12-24-18)26-13-27-21/h4,6-7,12-13,16H,1-3,5,8-11H2,(H,24,25,26,27). The molecule has 2 saturated heterocycles. The van der Waals surface area contributed by atoms with Crippen LogP contribution in [-0.2, 0) is 0 Å². The zero-order valence-corrected chi connectivity index (χ0v) is 18.3. The Morgan fingerprint density at radius 2 is 1.91 bits per heavy atom. The molecule has 2 aliphatic heterocycles. The van der Waals surface area contributed by atoms with Gasteiger partial charge < -0.3 is 14.9 Å². The highest BCUT2D eigenvalue weighted by molar-refractivity contribution is 6.35. The Bertz CT molecular complexity index is 1360. The number of aromatic nitrogens is 6. The number of halogens is 1. The molecule has 0 amide bonds. The smallest absolute Gasteiger partial charge is 0.281 e. The third kappa shape index (κ3) is 3.02. The number of benzene rings is 1. The number of imidazole rings is 1. The minimum atomic E-state index is -0.100. The van der Waals surface area contributed by atoms with Crippen LogP contribution in [-0.4, -0.2) is 49.2 Å². The predicted molar refractivity (Wildman–Crippen MR) is 124 cm³/mol. The second-order valence-corrected chi connectivity index (χ2v) is 8.79. The Labute approximate surface area is 189 Å². The number of fused-ring (bicyclic) bond motifs is 2. The van der Waals surface area contributed by atoms with Gasteiger partial charge in [-0.2, -0.15) is 0 Å². The second kappa shape index (κ2) is 7.74. The average Bonchev–Trinajstić information content (AvgIpc) is 3.49. The zero-order valence-electron chi connectivity index (χ0n) is 17.5. The number of hydrogen-bond acceptors (Lipinski definition) is 7. The van der Waals surface area contributed by atoms with Crippen molar-refractivity contribution in [2.75, 3.05) is 29.5 Å². The van der Waals surface area contributed by atoms with E-state index in [0.717, 1.165) is 62.5 Å². The van der Waals surface area contributed by atoms with Crippen LogP contribution in [0, 0.1) is 0 Å². The number of piperidine rings is 1. The van der Waals surface area contributed by atoms with Crippen molar-refractivity contribution < 1.29 is 0 Å². The maximum absolute atomic E-state index is 13.8. The molecule has 4 aromatic rings. The monoisotopic (exact) mass is 450 g/mol. The summed E-state index contributed by atoms with van der Waals surface area (Å²) in [5, 5.41) is 3.05. The lowest BCUT2D eigenvalue weighted by Gasteiger charge is -2.35. The van der Waals surface area contributed by atoms with E-state index in [-0.39, 0.29) is 11.6 Å². The van der Waals surface area contributed by atoms with E-state index in [9.17, 15) is 4.79 Å². The van der Waals surface area contributed by atoms with Gasteiger partial charge in [-0.25, -0.2) is 24.6 Å². The number of nitrogens with one attached hydrogen (secondary N) is 1. The van der Waals surface area contributed by atoms with Crippen LogP contribution in [0.25, 0.3) is 22.1 Å². The molecule has 1 unspecified atom stereocenters. The van der Waals surface area contributed by atoms with Gasteiger partial charge in [0.2, 0.25) is 0 Å². The molecule has 10 heteroatoms. The predicted octanol–water partition coefficient (Wildman–Crippen LogP) is 3.18. The summed E-state index contributed by atoms with van der Waals surface area (Å²) in [5.74, 6) is 1.51. The van der Waals surface area contributed by atoms with Gasteiger partial charge in [-0.15, -0.1) is 0 Å². The maximum Gasteiger partial charge on any atom is 0.281 e. The first-order valence-electron chi connectivity index (χ1n) is 11.1. The van der Waals surface area contributed by atoms with E-state index in [2.05, 4.69) is 29.8 Å². The fourth-order valence-corrected chi connectivity index (χ4v) is 5.27. The van der Waals surface area contributed by atoms with Gasteiger partial charge in [-0.1, -0.05) is 17.7 Å². The van der Waals surface area contributed by atoms with Gasteiger partial charge in [0.25, 0.3) is 5.56 Å².